The maximum Gasteiger partial charge on any atom is 0.271 e. The Balaban J connectivity index is -0.000000244. The lowest BCUT2D eigenvalue weighted by Crippen LogP contribution is -2.08. The Kier molecular flexibility index (Phi) is 17.1. The normalized spacial score (nSPS) is 8.60. The summed E-state index contributed by atoms with van der Waals surface area (Å²) in [5.74, 6) is -1.11. The van der Waals surface area contributed by atoms with Gasteiger partial charge in [0.25, 0.3) is 10.1 Å². The van der Waals surface area contributed by atoms with Crippen LogP contribution in [0.5, 0.6) is 0 Å². The number of hydrogen-bond donors (Lipinski definition) is 2. The Bertz CT molecular complexity index is 423. The number of carbonyl (C=O) groups is 2. The van der Waals surface area contributed by atoms with Gasteiger partial charge in [-0.15, -0.1) is 13.2 Å². The predicted molar refractivity (Wildman–Crippen MR) is 78.9 cm³/mol. The van der Waals surface area contributed by atoms with Gasteiger partial charge in [0, 0.05) is 0 Å². The summed E-state index contributed by atoms with van der Waals surface area (Å²) in [4.78, 5) is 18.9. The molecule has 7 nitrogen and oxygen atoms in total. The van der Waals surface area contributed by atoms with E-state index in [0.717, 1.165) is 12.2 Å². The molecule has 8 heteroatoms. The molecule has 4 N–H and O–H groups in total. The molecule has 0 bridgehead atoms. The zero-order chi connectivity index (χ0) is 16.6. The van der Waals surface area contributed by atoms with E-state index in [1.807, 2.05) is 0 Å². The van der Waals surface area contributed by atoms with Crippen molar-refractivity contribution < 1.29 is 22.2 Å². The standard InChI is InChI=1S/C6H10O3S.2C3H5NO/c1-3-5-9-10(7,8)6-4-2;2*1-2-3(4)5/h3-4H,1-2,5-6H2;2*2H,1H2,(H2,4,5). The van der Waals surface area contributed by atoms with Gasteiger partial charge in [-0.05, 0) is 12.2 Å². The summed E-state index contributed by atoms with van der Waals surface area (Å²) >= 11 is 0. The van der Waals surface area contributed by atoms with Crippen LogP contribution in [0.25, 0.3) is 0 Å². The van der Waals surface area contributed by atoms with E-state index >= 15 is 0 Å². The van der Waals surface area contributed by atoms with Gasteiger partial charge in [0.1, 0.15) is 0 Å². The van der Waals surface area contributed by atoms with Gasteiger partial charge < -0.3 is 11.5 Å². The largest absolute Gasteiger partial charge is 0.366 e. The molecule has 0 fully saturated rings. The van der Waals surface area contributed by atoms with Crippen molar-refractivity contribution in [2.75, 3.05) is 12.4 Å². The molecule has 0 aliphatic carbocycles. The van der Waals surface area contributed by atoms with Crippen LogP contribution in [0.15, 0.2) is 50.6 Å². The molecule has 0 aromatic carbocycles. The first-order valence-corrected chi connectivity index (χ1v) is 6.67. The van der Waals surface area contributed by atoms with Gasteiger partial charge in [-0.25, -0.2) is 0 Å². The Hall–Kier alpha value is -2.19. The molecular formula is C12H20N2O5S. The molecule has 0 rings (SSSR count). The van der Waals surface area contributed by atoms with Gasteiger partial charge in [-0.1, -0.05) is 25.3 Å². The number of primary amides is 2. The number of hydrogen-bond acceptors (Lipinski definition) is 5. The SMILES string of the molecule is C=CC(N)=O.C=CC(N)=O.C=CCOS(=O)(=O)CC=C. The predicted octanol–water partition coefficient (Wildman–Crippen LogP) is 0.0202. The van der Waals surface area contributed by atoms with Crippen molar-refractivity contribution in [2.24, 2.45) is 11.5 Å². The van der Waals surface area contributed by atoms with E-state index in [1.165, 1.54) is 12.2 Å². The van der Waals surface area contributed by atoms with Crippen LogP contribution in [0.2, 0.25) is 0 Å². The quantitative estimate of drug-likeness (QED) is 0.389. The highest BCUT2D eigenvalue weighted by molar-refractivity contribution is 7.86. The summed E-state index contributed by atoms with van der Waals surface area (Å²) in [6.07, 6.45) is 4.76. The Morgan fingerprint density at radius 1 is 0.950 bits per heavy atom. The smallest absolute Gasteiger partial charge is 0.271 e. The summed E-state index contributed by atoms with van der Waals surface area (Å²) in [5.41, 5.74) is 9.07. The third-order valence-corrected chi connectivity index (χ3v) is 2.23. The van der Waals surface area contributed by atoms with Gasteiger partial charge in [0.2, 0.25) is 11.8 Å². The second kappa shape index (κ2) is 14.9. The first-order valence-electron chi connectivity index (χ1n) is 5.09. The van der Waals surface area contributed by atoms with Crippen LogP contribution in [0, 0.1) is 0 Å². The van der Waals surface area contributed by atoms with Crippen molar-refractivity contribution in [3.63, 3.8) is 0 Å². The van der Waals surface area contributed by atoms with E-state index in [2.05, 4.69) is 42.0 Å². The maximum absolute atomic E-state index is 10.6. The van der Waals surface area contributed by atoms with Gasteiger partial charge in [-0.2, -0.15) is 8.42 Å². The highest BCUT2D eigenvalue weighted by atomic mass is 32.2. The number of amides is 2. The van der Waals surface area contributed by atoms with E-state index in [0.29, 0.717) is 0 Å². The molecule has 0 heterocycles. The zero-order valence-electron chi connectivity index (χ0n) is 11.2. The molecule has 0 aromatic heterocycles. The van der Waals surface area contributed by atoms with Crippen LogP contribution in [-0.2, 0) is 23.9 Å². The summed E-state index contributed by atoms with van der Waals surface area (Å²) in [6.45, 7) is 12.8. The number of carbonyl (C=O) groups excluding carboxylic acids is 2. The highest BCUT2D eigenvalue weighted by Crippen LogP contribution is 1.92. The van der Waals surface area contributed by atoms with Crippen molar-refractivity contribution in [3.8, 4) is 0 Å². The minimum atomic E-state index is -3.38. The molecule has 0 radical (unpaired) electrons. The average molecular weight is 304 g/mol. The molecule has 20 heavy (non-hydrogen) atoms. The van der Waals surface area contributed by atoms with Crippen LogP contribution in [0.3, 0.4) is 0 Å². The van der Waals surface area contributed by atoms with E-state index in [-0.39, 0.29) is 12.4 Å². The van der Waals surface area contributed by atoms with Gasteiger partial charge in [0.15, 0.2) is 0 Å². The lowest BCUT2D eigenvalue weighted by Gasteiger charge is -1.97. The van der Waals surface area contributed by atoms with Crippen LogP contribution in [0.4, 0.5) is 0 Å². The Labute approximate surface area is 119 Å². The van der Waals surface area contributed by atoms with Gasteiger partial charge >= 0.3 is 0 Å². The summed E-state index contributed by atoms with van der Waals surface area (Å²) in [5, 5.41) is 0. The monoisotopic (exact) mass is 304 g/mol. The fourth-order valence-corrected chi connectivity index (χ4v) is 1.03. The van der Waals surface area contributed by atoms with Crippen LogP contribution < -0.4 is 11.5 Å². The minimum absolute atomic E-state index is 0.0240. The molecule has 0 saturated carbocycles. The molecule has 0 aromatic rings. The van der Waals surface area contributed by atoms with E-state index < -0.39 is 21.9 Å². The topological polar surface area (TPSA) is 130 Å². The van der Waals surface area contributed by atoms with Crippen molar-refractivity contribution in [1.29, 1.82) is 0 Å². The van der Waals surface area contributed by atoms with E-state index in [4.69, 9.17) is 0 Å². The maximum atomic E-state index is 10.6. The average Bonchev–Trinajstić information content (AvgIpc) is 2.37. The first-order chi connectivity index (χ1) is 9.16. The van der Waals surface area contributed by atoms with E-state index in [9.17, 15) is 18.0 Å². The van der Waals surface area contributed by atoms with Crippen LogP contribution >= 0.6 is 0 Å². The highest BCUT2D eigenvalue weighted by Gasteiger charge is 2.05. The molecule has 0 atom stereocenters. The van der Waals surface area contributed by atoms with Crippen molar-refractivity contribution >= 4 is 21.9 Å². The third kappa shape index (κ3) is 29.7. The first kappa shape index (κ1) is 22.9. The molecule has 0 aliphatic heterocycles. The molecule has 114 valence electrons. The summed E-state index contributed by atoms with van der Waals surface area (Å²) < 4.78 is 25.7. The van der Waals surface area contributed by atoms with Crippen molar-refractivity contribution in [1.82, 2.24) is 0 Å². The van der Waals surface area contributed by atoms with E-state index in [1.54, 1.807) is 0 Å². The molecule has 0 aliphatic rings. The lowest BCUT2D eigenvalue weighted by molar-refractivity contribution is -0.114. The molecular weight excluding hydrogens is 284 g/mol. The fourth-order valence-electron chi connectivity index (χ4n) is 0.344. The third-order valence-electron chi connectivity index (χ3n) is 1.09. The Morgan fingerprint density at radius 2 is 1.30 bits per heavy atom. The fraction of sp³-hybridized carbons (Fsp3) is 0.167. The zero-order valence-corrected chi connectivity index (χ0v) is 12.0. The van der Waals surface area contributed by atoms with Crippen molar-refractivity contribution in [3.05, 3.63) is 50.6 Å². The lowest BCUT2D eigenvalue weighted by atomic mass is 10.6. The van der Waals surface area contributed by atoms with Gasteiger partial charge in [-0.3, -0.25) is 13.8 Å². The van der Waals surface area contributed by atoms with Gasteiger partial charge in [0.05, 0.1) is 12.4 Å². The van der Waals surface area contributed by atoms with Crippen LogP contribution in [-0.4, -0.2) is 32.6 Å². The number of nitrogens with two attached hydrogens (primary N) is 2. The summed E-state index contributed by atoms with van der Waals surface area (Å²) in [6, 6.07) is 0. The molecule has 0 unspecified atom stereocenters. The second-order valence-corrected chi connectivity index (χ2v) is 4.48. The minimum Gasteiger partial charge on any atom is -0.366 e. The summed E-state index contributed by atoms with van der Waals surface area (Å²) in [7, 11) is -3.38. The van der Waals surface area contributed by atoms with Crippen molar-refractivity contribution in [2.45, 2.75) is 0 Å². The Morgan fingerprint density at radius 3 is 1.50 bits per heavy atom. The molecule has 0 spiro atoms. The second-order valence-electron chi connectivity index (χ2n) is 2.80. The molecule has 2 amide bonds. The molecule has 0 saturated heterocycles. The number of rotatable bonds is 7. The van der Waals surface area contributed by atoms with Crippen LogP contribution in [0.1, 0.15) is 0 Å².